The highest BCUT2D eigenvalue weighted by Gasteiger charge is 2.42. The Kier molecular flexibility index (Phi) is 4.61. The van der Waals surface area contributed by atoms with E-state index in [0.717, 1.165) is 0 Å². The molecule has 1 aromatic rings. The SMILES string of the molecule is CCOC(=O)C(C)N1CCC2(CCC1=O)NC(=O)c1cccnc1N2. The topological polar surface area (TPSA) is 101 Å². The molecule has 3 heterocycles. The van der Waals surface area contributed by atoms with Gasteiger partial charge in [-0.15, -0.1) is 0 Å². The minimum Gasteiger partial charge on any atom is -0.464 e. The number of anilines is 1. The number of pyridine rings is 1. The Morgan fingerprint density at radius 2 is 2.20 bits per heavy atom. The first kappa shape index (κ1) is 17.2. The molecule has 0 saturated carbocycles. The van der Waals surface area contributed by atoms with E-state index in [4.69, 9.17) is 4.74 Å². The first-order valence-electron chi connectivity index (χ1n) is 8.47. The number of hydrogen-bond acceptors (Lipinski definition) is 6. The largest absolute Gasteiger partial charge is 0.464 e. The number of hydrogen-bond donors (Lipinski definition) is 2. The van der Waals surface area contributed by atoms with Crippen LogP contribution in [0, 0.1) is 0 Å². The maximum Gasteiger partial charge on any atom is 0.328 e. The van der Waals surface area contributed by atoms with Gasteiger partial charge in [-0.25, -0.2) is 9.78 Å². The molecule has 0 aromatic carbocycles. The fraction of sp³-hybridized carbons (Fsp3) is 0.529. The molecule has 2 unspecified atom stereocenters. The molecule has 8 nitrogen and oxygen atoms in total. The summed E-state index contributed by atoms with van der Waals surface area (Å²) >= 11 is 0. The number of ether oxygens (including phenoxy) is 1. The van der Waals surface area contributed by atoms with Crippen LogP contribution in [-0.2, 0) is 14.3 Å². The highest BCUT2D eigenvalue weighted by Crippen LogP contribution is 2.30. The highest BCUT2D eigenvalue weighted by molar-refractivity contribution is 6.01. The molecule has 1 fully saturated rings. The zero-order chi connectivity index (χ0) is 18.0. The van der Waals surface area contributed by atoms with E-state index in [9.17, 15) is 14.4 Å². The van der Waals surface area contributed by atoms with Crippen molar-refractivity contribution in [2.24, 2.45) is 0 Å². The predicted molar refractivity (Wildman–Crippen MR) is 89.7 cm³/mol. The maximum atomic E-state index is 12.5. The van der Waals surface area contributed by atoms with E-state index >= 15 is 0 Å². The minimum atomic E-state index is -0.739. The Morgan fingerprint density at radius 3 is 2.96 bits per heavy atom. The number of likely N-dealkylation sites (tertiary alicyclic amines) is 1. The quantitative estimate of drug-likeness (QED) is 0.789. The maximum absolute atomic E-state index is 12.5. The second kappa shape index (κ2) is 6.70. The van der Waals surface area contributed by atoms with Crippen LogP contribution in [0.3, 0.4) is 0 Å². The Morgan fingerprint density at radius 1 is 1.40 bits per heavy atom. The van der Waals surface area contributed by atoms with Crippen LogP contribution in [0.5, 0.6) is 0 Å². The summed E-state index contributed by atoms with van der Waals surface area (Å²) in [4.78, 5) is 42.6. The summed E-state index contributed by atoms with van der Waals surface area (Å²) in [6.07, 6.45) is 2.75. The van der Waals surface area contributed by atoms with Gasteiger partial charge in [0, 0.05) is 25.6 Å². The van der Waals surface area contributed by atoms with Gasteiger partial charge >= 0.3 is 5.97 Å². The van der Waals surface area contributed by atoms with Crippen LogP contribution in [-0.4, -0.2) is 52.5 Å². The average Bonchev–Trinajstić information content (AvgIpc) is 2.74. The predicted octanol–water partition coefficient (Wildman–Crippen LogP) is 0.897. The van der Waals surface area contributed by atoms with Crippen molar-refractivity contribution in [2.45, 2.75) is 44.8 Å². The third kappa shape index (κ3) is 3.29. The first-order valence-corrected chi connectivity index (χ1v) is 8.47. The molecule has 8 heteroatoms. The van der Waals surface area contributed by atoms with Crippen LogP contribution in [0.25, 0.3) is 0 Å². The number of carbonyl (C=O) groups is 3. The summed E-state index contributed by atoms with van der Waals surface area (Å²) in [5, 5.41) is 6.26. The normalized spacial score (nSPS) is 24.0. The van der Waals surface area contributed by atoms with Gasteiger partial charge in [-0.3, -0.25) is 9.59 Å². The average molecular weight is 346 g/mol. The fourth-order valence-corrected chi connectivity index (χ4v) is 3.31. The molecule has 0 aliphatic carbocycles. The molecular formula is C17H22N4O4. The van der Waals surface area contributed by atoms with Gasteiger partial charge in [-0.1, -0.05) is 0 Å². The Balaban J connectivity index is 1.78. The number of esters is 1. The summed E-state index contributed by atoms with van der Waals surface area (Å²) in [5.74, 6) is -0.230. The van der Waals surface area contributed by atoms with Gasteiger partial charge in [0.1, 0.15) is 17.5 Å². The van der Waals surface area contributed by atoms with Crippen molar-refractivity contribution < 1.29 is 19.1 Å². The molecule has 2 N–H and O–H groups in total. The number of carbonyl (C=O) groups excluding carboxylic acids is 3. The molecule has 1 saturated heterocycles. The van der Waals surface area contributed by atoms with E-state index in [1.807, 2.05) is 0 Å². The summed E-state index contributed by atoms with van der Waals surface area (Å²) in [6, 6.07) is 2.76. The molecule has 1 spiro atoms. The van der Waals surface area contributed by atoms with Gasteiger partial charge in [-0.05, 0) is 32.4 Å². The monoisotopic (exact) mass is 346 g/mol. The molecule has 2 amide bonds. The van der Waals surface area contributed by atoms with Crippen molar-refractivity contribution in [1.82, 2.24) is 15.2 Å². The van der Waals surface area contributed by atoms with Crippen LogP contribution in [0.1, 0.15) is 43.5 Å². The molecule has 2 atom stereocenters. The first-order chi connectivity index (χ1) is 12.0. The third-order valence-corrected chi connectivity index (χ3v) is 4.72. The van der Waals surface area contributed by atoms with Gasteiger partial charge < -0.3 is 20.3 Å². The van der Waals surface area contributed by atoms with Crippen molar-refractivity contribution in [3.63, 3.8) is 0 Å². The molecule has 2 aliphatic heterocycles. The van der Waals surface area contributed by atoms with Crippen LogP contribution >= 0.6 is 0 Å². The zero-order valence-electron chi connectivity index (χ0n) is 14.4. The molecule has 3 rings (SSSR count). The van der Waals surface area contributed by atoms with Crippen molar-refractivity contribution >= 4 is 23.6 Å². The van der Waals surface area contributed by atoms with Crippen LogP contribution in [0.4, 0.5) is 5.82 Å². The molecule has 0 radical (unpaired) electrons. The van der Waals surface area contributed by atoms with E-state index in [-0.39, 0.29) is 24.8 Å². The molecular weight excluding hydrogens is 324 g/mol. The summed E-state index contributed by atoms with van der Waals surface area (Å²) in [7, 11) is 0. The zero-order valence-corrected chi connectivity index (χ0v) is 14.4. The van der Waals surface area contributed by atoms with E-state index in [1.165, 1.54) is 4.90 Å². The lowest BCUT2D eigenvalue weighted by Crippen LogP contribution is -2.58. The van der Waals surface area contributed by atoms with Crippen molar-refractivity contribution in [1.29, 1.82) is 0 Å². The second-order valence-electron chi connectivity index (χ2n) is 6.33. The lowest BCUT2D eigenvalue weighted by molar-refractivity contribution is -0.153. The van der Waals surface area contributed by atoms with Gasteiger partial charge in [0.25, 0.3) is 5.91 Å². The Labute approximate surface area is 145 Å². The number of rotatable bonds is 3. The standard InChI is InChI=1S/C17H22N4O4/c1-3-25-16(24)11(2)21-10-8-17(7-6-13(21)22)19-14-12(15(23)20-17)5-4-9-18-14/h4-5,9,11H,3,6-8,10H2,1-2H3,(H,18,19)(H,20,23). The van der Waals surface area contributed by atoms with Gasteiger partial charge in [0.15, 0.2) is 0 Å². The lowest BCUT2D eigenvalue weighted by atomic mass is 9.97. The lowest BCUT2D eigenvalue weighted by Gasteiger charge is -2.39. The van der Waals surface area contributed by atoms with E-state index in [2.05, 4.69) is 15.6 Å². The third-order valence-electron chi connectivity index (χ3n) is 4.72. The number of nitrogens with one attached hydrogen (secondary N) is 2. The van der Waals surface area contributed by atoms with Crippen molar-refractivity contribution in [2.75, 3.05) is 18.5 Å². The smallest absolute Gasteiger partial charge is 0.328 e. The van der Waals surface area contributed by atoms with Crippen LogP contribution in [0.2, 0.25) is 0 Å². The second-order valence-corrected chi connectivity index (χ2v) is 6.33. The van der Waals surface area contributed by atoms with E-state index in [1.54, 1.807) is 32.2 Å². The van der Waals surface area contributed by atoms with Gasteiger partial charge in [-0.2, -0.15) is 0 Å². The van der Waals surface area contributed by atoms with Crippen LogP contribution in [0.15, 0.2) is 18.3 Å². The Hall–Kier alpha value is -2.64. The molecule has 134 valence electrons. The molecule has 1 aromatic heterocycles. The summed E-state index contributed by atoms with van der Waals surface area (Å²) < 4.78 is 5.02. The number of nitrogens with zero attached hydrogens (tertiary/aromatic N) is 2. The fourth-order valence-electron chi connectivity index (χ4n) is 3.31. The molecule has 2 aliphatic rings. The molecule has 25 heavy (non-hydrogen) atoms. The number of amides is 2. The van der Waals surface area contributed by atoms with Gasteiger partial charge in [0.2, 0.25) is 5.91 Å². The number of fused-ring (bicyclic) bond motifs is 1. The summed E-state index contributed by atoms with van der Waals surface area (Å²) in [6.45, 7) is 4.01. The van der Waals surface area contributed by atoms with Gasteiger partial charge in [0.05, 0.1) is 12.2 Å². The Bertz CT molecular complexity index is 708. The van der Waals surface area contributed by atoms with E-state index < -0.39 is 17.7 Å². The highest BCUT2D eigenvalue weighted by atomic mass is 16.5. The van der Waals surface area contributed by atoms with Crippen LogP contribution < -0.4 is 10.6 Å². The molecule has 0 bridgehead atoms. The minimum absolute atomic E-state index is 0.125. The van der Waals surface area contributed by atoms with E-state index in [0.29, 0.717) is 30.8 Å². The van der Waals surface area contributed by atoms with Crippen molar-refractivity contribution in [3.05, 3.63) is 23.9 Å². The van der Waals surface area contributed by atoms with Crippen molar-refractivity contribution in [3.8, 4) is 0 Å². The summed E-state index contributed by atoms with van der Waals surface area (Å²) in [5.41, 5.74) is -0.252. The number of aromatic nitrogens is 1.